The molecule has 0 radical (unpaired) electrons. The van der Waals surface area contributed by atoms with Gasteiger partial charge in [0.2, 0.25) is 0 Å². The molecule has 1 aromatic carbocycles. The van der Waals surface area contributed by atoms with E-state index in [1.165, 1.54) is 5.69 Å². The zero-order chi connectivity index (χ0) is 14.7. The molecule has 0 fully saturated rings. The predicted molar refractivity (Wildman–Crippen MR) is 89.7 cm³/mol. The summed E-state index contributed by atoms with van der Waals surface area (Å²) in [5.41, 5.74) is 3.14. The van der Waals surface area contributed by atoms with Crippen molar-refractivity contribution in [3.63, 3.8) is 0 Å². The number of hydrogen-bond donors (Lipinski definition) is 2. The predicted octanol–water partition coefficient (Wildman–Crippen LogP) is 4.13. The first-order valence-corrected chi connectivity index (χ1v) is 7.24. The lowest BCUT2D eigenvalue weighted by molar-refractivity contribution is 0.764. The number of aromatic nitrogens is 1. The highest BCUT2D eigenvalue weighted by Gasteiger charge is 2.04. The monoisotopic (exact) mass is 327 g/mol. The standard InChI is InChI=1S/C14H15Cl2N3S/c1-9-3-4-13(19(9)2)8-17-14(20)18-12-6-10(15)5-11(16)7-12/h3-7H,8H2,1-2H3,(H2,17,18,20). The topological polar surface area (TPSA) is 29.0 Å². The van der Waals surface area contributed by atoms with E-state index in [-0.39, 0.29) is 0 Å². The molecule has 1 aromatic heterocycles. The second-order valence-corrected chi connectivity index (χ2v) is 5.77. The first-order valence-electron chi connectivity index (χ1n) is 6.08. The van der Waals surface area contributed by atoms with Crippen LogP contribution in [0, 0.1) is 6.92 Å². The summed E-state index contributed by atoms with van der Waals surface area (Å²) in [5, 5.41) is 7.89. The highest BCUT2D eigenvalue weighted by Crippen LogP contribution is 2.22. The van der Waals surface area contributed by atoms with Crippen molar-refractivity contribution in [1.82, 2.24) is 9.88 Å². The molecule has 2 N–H and O–H groups in total. The molecule has 6 heteroatoms. The Morgan fingerprint density at radius 3 is 2.40 bits per heavy atom. The van der Waals surface area contributed by atoms with Crippen LogP contribution in [0.25, 0.3) is 0 Å². The molecule has 0 aliphatic rings. The molecular weight excluding hydrogens is 313 g/mol. The number of benzene rings is 1. The van der Waals surface area contributed by atoms with Gasteiger partial charge in [-0.1, -0.05) is 23.2 Å². The zero-order valence-electron chi connectivity index (χ0n) is 11.2. The summed E-state index contributed by atoms with van der Waals surface area (Å²) in [6, 6.07) is 9.37. The van der Waals surface area contributed by atoms with E-state index >= 15 is 0 Å². The maximum atomic E-state index is 5.94. The summed E-state index contributed by atoms with van der Waals surface area (Å²) in [4.78, 5) is 0. The number of thiocarbonyl (C=S) groups is 1. The highest BCUT2D eigenvalue weighted by atomic mass is 35.5. The van der Waals surface area contributed by atoms with Gasteiger partial charge in [-0.15, -0.1) is 0 Å². The molecule has 106 valence electrons. The van der Waals surface area contributed by atoms with Crippen LogP contribution in [0.2, 0.25) is 10.0 Å². The van der Waals surface area contributed by atoms with Crippen LogP contribution in [0.3, 0.4) is 0 Å². The fraction of sp³-hybridized carbons (Fsp3) is 0.214. The van der Waals surface area contributed by atoms with Crippen molar-refractivity contribution in [2.45, 2.75) is 13.5 Å². The van der Waals surface area contributed by atoms with Crippen LogP contribution in [0.4, 0.5) is 5.69 Å². The van der Waals surface area contributed by atoms with Gasteiger partial charge in [0, 0.05) is 34.2 Å². The van der Waals surface area contributed by atoms with Crippen LogP contribution < -0.4 is 10.6 Å². The van der Waals surface area contributed by atoms with Gasteiger partial charge in [0.05, 0.1) is 6.54 Å². The third kappa shape index (κ3) is 3.88. The third-order valence-corrected chi connectivity index (χ3v) is 3.71. The van der Waals surface area contributed by atoms with E-state index in [4.69, 9.17) is 35.4 Å². The van der Waals surface area contributed by atoms with Crippen LogP contribution in [0.15, 0.2) is 30.3 Å². The number of nitrogens with one attached hydrogen (secondary N) is 2. The molecule has 0 saturated heterocycles. The number of anilines is 1. The minimum atomic E-state index is 0.530. The van der Waals surface area contributed by atoms with Crippen molar-refractivity contribution < 1.29 is 0 Å². The third-order valence-electron chi connectivity index (χ3n) is 3.03. The van der Waals surface area contributed by atoms with Gasteiger partial charge in [-0.05, 0) is 49.5 Å². The molecule has 1 heterocycles. The molecule has 2 aromatic rings. The minimum Gasteiger partial charge on any atom is -0.357 e. The summed E-state index contributed by atoms with van der Waals surface area (Å²) in [7, 11) is 2.03. The first kappa shape index (κ1) is 15.2. The van der Waals surface area contributed by atoms with Gasteiger partial charge in [-0.25, -0.2) is 0 Å². The second kappa shape index (κ2) is 6.48. The summed E-state index contributed by atoms with van der Waals surface area (Å²) in [5.74, 6) is 0. The lowest BCUT2D eigenvalue weighted by atomic mass is 10.3. The Morgan fingerprint density at radius 1 is 1.20 bits per heavy atom. The van der Waals surface area contributed by atoms with Crippen molar-refractivity contribution in [3.8, 4) is 0 Å². The van der Waals surface area contributed by atoms with E-state index in [1.807, 2.05) is 7.05 Å². The fourth-order valence-corrected chi connectivity index (χ4v) is 2.53. The van der Waals surface area contributed by atoms with Crippen LogP contribution in [-0.4, -0.2) is 9.68 Å². The Kier molecular flexibility index (Phi) is 4.91. The molecule has 2 rings (SSSR count). The second-order valence-electron chi connectivity index (χ2n) is 4.49. The van der Waals surface area contributed by atoms with Crippen molar-refractivity contribution in [1.29, 1.82) is 0 Å². The van der Waals surface area contributed by atoms with Crippen molar-refractivity contribution in [3.05, 3.63) is 51.8 Å². The van der Waals surface area contributed by atoms with E-state index < -0.39 is 0 Å². The molecule has 0 saturated carbocycles. The summed E-state index contributed by atoms with van der Waals surface area (Å²) in [6.45, 7) is 2.72. The normalized spacial score (nSPS) is 10.4. The Bertz CT molecular complexity index is 617. The highest BCUT2D eigenvalue weighted by molar-refractivity contribution is 7.80. The van der Waals surface area contributed by atoms with Crippen molar-refractivity contribution >= 4 is 46.2 Å². The molecule has 0 amide bonds. The molecule has 0 unspecified atom stereocenters. The van der Waals surface area contributed by atoms with Gasteiger partial charge in [-0.2, -0.15) is 0 Å². The average molecular weight is 328 g/mol. The van der Waals surface area contributed by atoms with E-state index in [0.717, 1.165) is 11.4 Å². The molecule has 0 atom stereocenters. The SMILES string of the molecule is Cc1ccc(CNC(=S)Nc2cc(Cl)cc(Cl)c2)n1C. The molecular formula is C14H15Cl2N3S. The minimum absolute atomic E-state index is 0.530. The van der Waals surface area contributed by atoms with Crippen molar-refractivity contribution in [2.24, 2.45) is 7.05 Å². The summed E-state index contributed by atoms with van der Waals surface area (Å²) in [6.07, 6.45) is 0. The molecule has 0 aliphatic carbocycles. The van der Waals surface area contributed by atoms with Crippen LogP contribution >= 0.6 is 35.4 Å². The Hall–Kier alpha value is -1.23. The van der Waals surface area contributed by atoms with Gasteiger partial charge in [0.1, 0.15) is 0 Å². The van der Waals surface area contributed by atoms with E-state index in [1.54, 1.807) is 18.2 Å². The summed E-state index contributed by atoms with van der Waals surface area (Å²) >= 11 is 17.1. The molecule has 0 aliphatic heterocycles. The maximum Gasteiger partial charge on any atom is 0.171 e. The van der Waals surface area contributed by atoms with E-state index in [2.05, 4.69) is 34.3 Å². The summed E-state index contributed by atoms with van der Waals surface area (Å²) < 4.78 is 2.12. The van der Waals surface area contributed by atoms with Crippen LogP contribution in [0.1, 0.15) is 11.4 Å². The first-order chi connectivity index (χ1) is 9.45. The van der Waals surface area contributed by atoms with Gasteiger partial charge in [0.15, 0.2) is 5.11 Å². The Morgan fingerprint density at radius 2 is 1.85 bits per heavy atom. The molecule has 20 heavy (non-hydrogen) atoms. The molecule has 3 nitrogen and oxygen atoms in total. The maximum absolute atomic E-state index is 5.94. The van der Waals surface area contributed by atoms with Crippen molar-refractivity contribution in [2.75, 3.05) is 5.32 Å². The lowest BCUT2D eigenvalue weighted by Crippen LogP contribution is -2.28. The number of rotatable bonds is 3. The quantitative estimate of drug-likeness (QED) is 0.830. The number of aryl methyl sites for hydroxylation is 1. The largest absolute Gasteiger partial charge is 0.357 e. The van der Waals surface area contributed by atoms with Gasteiger partial charge in [0.25, 0.3) is 0 Å². The van der Waals surface area contributed by atoms with Gasteiger partial charge < -0.3 is 15.2 Å². The molecule has 0 bridgehead atoms. The number of halogens is 2. The smallest absolute Gasteiger partial charge is 0.171 e. The zero-order valence-corrected chi connectivity index (χ0v) is 13.5. The fourth-order valence-electron chi connectivity index (χ4n) is 1.82. The van der Waals surface area contributed by atoms with Gasteiger partial charge in [-0.3, -0.25) is 0 Å². The Balaban J connectivity index is 1.94. The van der Waals surface area contributed by atoms with E-state index in [9.17, 15) is 0 Å². The average Bonchev–Trinajstić information content (AvgIpc) is 2.66. The van der Waals surface area contributed by atoms with E-state index in [0.29, 0.717) is 21.7 Å². The number of nitrogens with zero attached hydrogens (tertiary/aromatic N) is 1. The lowest BCUT2D eigenvalue weighted by Gasteiger charge is -2.12. The molecule has 0 spiro atoms. The Labute approximate surface area is 133 Å². The van der Waals surface area contributed by atoms with Crippen LogP contribution in [0.5, 0.6) is 0 Å². The number of hydrogen-bond acceptors (Lipinski definition) is 1. The van der Waals surface area contributed by atoms with Gasteiger partial charge >= 0.3 is 0 Å². The van der Waals surface area contributed by atoms with Crippen LogP contribution in [-0.2, 0) is 13.6 Å².